The number of carbonyl (C=O) groups is 1. The molecular formula is C16H9NO8. The second kappa shape index (κ2) is 5.64. The van der Waals surface area contributed by atoms with Crippen LogP contribution in [0.2, 0.25) is 0 Å². The molecule has 0 atom stereocenters. The lowest BCUT2D eigenvalue weighted by Crippen LogP contribution is -2.12. The molecule has 3 rings (SSSR count). The Labute approximate surface area is 138 Å². The molecule has 0 amide bonds. The molecule has 0 saturated carbocycles. The third-order valence-corrected chi connectivity index (χ3v) is 3.52. The number of fused-ring (bicyclic) bond motifs is 1. The van der Waals surface area contributed by atoms with E-state index in [1.54, 1.807) is 0 Å². The van der Waals surface area contributed by atoms with Crippen LogP contribution in [0.25, 0.3) is 22.1 Å². The number of aromatic carboxylic acids is 1. The molecule has 126 valence electrons. The van der Waals surface area contributed by atoms with E-state index in [0.29, 0.717) is 0 Å². The van der Waals surface area contributed by atoms with Crippen LogP contribution in [0.15, 0.2) is 45.6 Å². The van der Waals surface area contributed by atoms with Gasteiger partial charge >= 0.3 is 5.97 Å². The van der Waals surface area contributed by atoms with Crippen LogP contribution >= 0.6 is 0 Å². The van der Waals surface area contributed by atoms with Crippen LogP contribution in [-0.4, -0.2) is 26.2 Å². The Kier molecular flexibility index (Phi) is 3.61. The van der Waals surface area contributed by atoms with Gasteiger partial charge in [-0.05, 0) is 17.7 Å². The van der Waals surface area contributed by atoms with Gasteiger partial charge in [0.2, 0.25) is 11.2 Å². The topological polar surface area (TPSA) is 151 Å². The first-order valence-electron chi connectivity index (χ1n) is 6.80. The lowest BCUT2D eigenvalue weighted by atomic mass is 10.0. The molecule has 0 bridgehead atoms. The average Bonchev–Trinajstić information content (AvgIpc) is 2.53. The fourth-order valence-electron chi connectivity index (χ4n) is 2.45. The summed E-state index contributed by atoms with van der Waals surface area (Å²) in [7, 11) is 0. The highest BCUT2D eigenvalue weighted by Crippen LogP contribution is 2.32. The summed E-state index contributed by atoms with van der Waals surface area (Å²) in [6.07, 6.45) is 0. The number of nitro benzene ring substituents is 1. The molecule has 3 aromatic rings. The van der Waals surface area contributed by atoms with Crippen molar-refractivity contribution in [3.63, 3.8) is 0 Å². The molecule has 0 aliphatic carbocycles. The SMILES string of the molecule is O=C(O)c1oc2cc(O)cc(O)c2c(=O)c1-c1ccc([N+](=O)[O-])cc1. The lowest BCUT2D eigenvalue weighted by Gasteiger charge is -2.08. The second-order valence-electron chi connectivity index (χ2n) is 5.08. The summed E-state index contributed by atoms with van der Waals surface area (Å²) in [6.45, 7) is 0. The van der Waals surface area contributed by atoms with Crippen LogP contribution in [0.4, 0.5) is 5.69 Å². The van der Waals surface area contributed by atoms with Gasteiger partial charge in [-0.3, -0.25) is 14.9 Å². The van der Waals surface area contributed by atoms with E-state index in [1.165, 1.54) is 12.1 Å². The van der Waals surface area contributed by atoms with Gasteiger partial charge in [-0.2, -0.15) is 0 Å². The molecule has 0 unspecified atom stereocenters. The van der Waals surface area contributed by atoms with Crippen LogP contribution in [-0.2, 0) is 0 Å². The fourth-order valence-corrected chi connectivity index (χ4v) is 2.45. The van der Waals surface area contributed by atoms with E-state index < -0.39 is 33.6 Å². The second-order valence-corrected chi connectivity index (χ2v) is 5.08. The smallest absolute Gasteiger partial charge is 0.372 e. The number of non-ortho nitro benzene ring substituents is 1. The number of carboxylic acid groups (broad SMARTS) is 1. The van der Waals surface area contributed by atoms with Gasteiger partial charge in [0.1, 0.15) is 22.5 Å². The summed E-state index contributed by atoms with van der Waals surface area (Å²) in [5.74, 6) is -3.25. The van der Waals surface area contributed by atoms with Crippen molar-refractivity contribution in [1.82, 2.24) is 0 Å². The maximum Gasteiger partial charge on any atom is 0.372 e. The molecule has 9 nitrogen and oxygen atoms in total. The number of benzene rings is 2. The highest BCUT2D eigenvalue weighted by Gasteiger charge is 2.23. The minimum absolute atomic E-state index is 0.0751. The summed E-state index contributed by atoms with van der Waals surface area (Å²) in [5.41, 5.74) is -1.67. The number of hydrogen-bond donors (Lipinski definition) is 3. The number of carboxylic acids is 1. The average molecular weight is 343 g/mol. The summed E-state index contributed by atoms with van der Waals surface area (Å²) >= 11 is 0. The first-order chi connectivity index (χ1) is 11.8. The highest BCUT2D eigenvalue weighted by molar-refractivity contribution is 5.98. The Hall–Kier alpha value is -3.88. The summed E-state index contributed by atoms with van der Waals surface area (Å²) in [5, 5.41) is 39.1. The van der Waals surface area contributed by atoms with Crippen molar-refractivity contribution in [2.45, 2.75) is 0 Å². The molecule has 9 heteroatoms. The van der Waals surface area contributed by atoms with E-state index >= 15 is 0 Å². The molecule has 0 aliphatic rings. The van der Waals surface area contributed by atoms with E-state index in [1.807, 2.05) is 0 Å². The quantitative estimate of drug-likeness (QED) is 0.484. The molecule has 1 heterocycles. The normalized spacial score (nSPS) is 10.7. The van der Waals surface area contributed by atoms with Crippen molar-refractivity contribution in [2.24, 2.45) is 0 Å². The summed E-state index contributed by atoms with van der Waals surface area (Å²) in [6, 6.07) is 6.56. The molecule has 0 aliphatic heterocycles. The molecule has 0 radical (unpaired) electrons. The first-order valence-corrected chi connectivity index (χ1v) is 6.80. The third kappa shape index (κ3) is 2.63. The van der Waals surface area contributed by atoms with Gasteiger partial charge in [0.25, 0.3) is 5.69 Å². The predicted molar refractivity (Wildman–Crippen MR) is 84.9 cm³/mol. The van der Waals surface area contributed by atoms with Gasteiger partial charge in [0.05, 0.1) is 10.5 Å². The molecule has 3 N–H and O–H groups in total. The Balaban J connectivity index is 2.38. The zero-order valence-electron chi connectivity index (χ0n) is 12.3. The van der Waals surface area contributed by atoms with Crippen molar-refractivity contribution in [3.8, 4) is 22.6 Å². The van der Waals surface area contributed by atoms with E-state index in [2.05, 4.69) is 0 Å². The largest absolute Gasteiger partial charge is 0.508 e. The van der Waals surface area contributed by atoms with Gasteiger partial charge in [0.15, 0.2) is 0 Å². The highest BCUT2D eigenvalue weighted by atomic mass is 16.6. The predicted octanol–water partition coefficient (Wildman–Crippen LogP) is 2.48. The molecule has 0 saturated heterocycles. The van der Waals surface area contributed by atoms with Gasteiger partial charge < -0.3 is 19.7 Å². The molecule has 25 heavy (non-hydrogen) atoms. The number of phenols is 2. The van der Waals surface area contributed by atoms with Crippen molar-refractivity contribution in [2.75, 3.05) is 0 Å². The molecule has 2 aromatic carbocycles. The number of nitro groups is 1. The zero-order chi connectivity index (χ0) is 18.3. The lowest BCUT2D eigenvalue weighted by molar-refractivity contribution is -0.384. The first kappa shape index (κ1) is 16.0. The van der Waals surface area contributed by atoms with E-state index in [-0.39, 0.29) is 27.8 Å². The Morgan fingerprint density at radius 3 is 2.32 bits per heavy atom. The van der Waals surface area contributed by atoms with E-state index in [4.69, 9.17) is 4.42 Å². The van der Waals surface area contributed by atoms with Crippen LogP contribution in [0.1, 0.15) is 10.6 Å². The van der Waals surface area contributed by atoms with Crippen LogP contribution in [0.5, 0.6) is 11.5 Å². The van der Waals surface area contributed by atoms with Crippen molar-refractivity contribution >= 4 is 22.6 Å². The van der Waals surface area contributed by atoms with Crippen LogP contribution < -0.4 is 5.43 Å². The Morgan fingerprint density at radius 2 is 1.76 bits per heavy atom. The molecule has 0 fully saturated rings. The standard InChI is InChI=1S/C16H9NO8/c18-9-5-10(19)13-11(6-9)25-15(16(21)22)12(14(13)20)7-1-3-8(4-2-7)17(23)24/h1-6,18-19H,(H,21,22). The Morgan fingerprint density at radius 1 is 1.12 bits per heavy atom. The van der Waals surface area contributed by atoms with Gasteiger partial charge in [-0.1, -0.05) is 0 Å². The maximum absolute atomic E-state index is 12.7. The van der Waals surface area contributed by atoms with E-state index in [0.717, 1.165) is 24.3 Å². The number of aromatic hydroxyl groups is 2. The van der Waals surface area contributed by atoms with Gasteiger partial charge in [0, 0.05) is 24.3 Å². The zero-order valence-corrected chi connectivity index (χ0v) is 12.3. The van der Waals surface area contributed by atoms with Crippen LogP contribution in [0.3, 0.4) is 0 Å². The summed E-state index contributed by atoms with van der Waals surface area (Å²) < 4.78 is 5.18. The minimum atomic E-state index is -1.55. The minimum Gasteiger partial charge on any atom is -0.508 e. The summed E-state index contributed by atoms with van der Waals surface area (Å²) in [4.78, 5) is 34.3. The third-order valence-electron chi connectivity index (χ3n) is 3.52. The molecule has 0 spiro atoms. The van der Waals surface area contributed by atoms with Crippen LogP contribution in [0, 0.1) is 10.1 Å². The maximum atomic E-state index is 12.7. The van der Waals surface area contributed by atoms with Gasteiger partial charge in [-0.25, -0.2) is 4.79 Å². The number of rotatable bonds is 3. The van der Waals surface area contributed by atoms with Crippen molar-refractivity contribution < 1.29 is 29.5 Å². The monoisotopic (exact) mass is 343 g/mol. The number of nitrogens with zero attached hydrogens (tertiary/aromatic N) is 1. The van der Waals surface area contributed by atoms with Gasteiger partial charge in [-0.15, -0.1) is 0 Å². The van der Waals surface area contributed by atoms with Crippen molar-refractivity contribution in [1.29, 1.82) is 0 Å². The molecular weight excluding hydrogens is 334 g/mol. The Bertz CT molecular complexity index is 1080. The number of hydrogen-bond acceptors (Lipinski definition) is 7. The number of phenolic OH excluding ortho intramolecular Hbond substituents is 2. The van der Waals surface area contributed by atoms with Crippen molar-refractivity contribution in [3.05, 3.63) is 62.5 Å². The van der Waals surface area contributed by atoms with E-state index in [9.17, 15) is 35.0 Å². The molecule has 1 aromatic heterocycles. The fraction of sp³-hybridized carbons (Fsp3) is 0.